The second-order valence-corrected chi connectivity index (χ2v) is 17.7. The van der Waals surface area contributed by atoms with Gasteiger partial charge in [0.25, 0.3) is 0 Å². The summed E-state index contributed by atoms with van der Waals surface area (Å²) in [6, 6.07) is 18.7. The Kier molecular flexibility index (Phi) is 12.8. The van der Waals surface area contributed by atoms with Crippen LogP contribution in [0.3, 0.4) is 0 Å². The van der Waals surface area contributed by atoms with Crippen molar-refractivity contribution in [1.82, 2.24) is 0 Å². The molecule has 0 fully saturated rings. The standard InChI is InChI=1S/C38H48S5/c1-5-7-9-11-13-15-17-29-30(18-16-14-12-10-8-6-2)38(36-26-24-34(42-36)32-22-20-28(4)40-32)43-37(29)35-25-23-33(41-35)31-21-19-27(3)39-31/h19-26H,5-18H2,1-4H3. The molecular weight excluding hydrogens is 617 g/mol. The Morgan fingerprint density at radius 3 is 1.12 bits per heavy atom. The lowest BCUT2D eigenvalue weighted by Crippen LogP contribution is -1.95. The van der Waals surface area contributed by atoms with Crippen molar-refractivity contribution in [2.75, 3.05) is 0 Å². The Balaban J connectivity index is 1.49. The molecule has 0 bridgehead atoms. The van der Waals surface area contributed by atoms with Crippen LogP contribution in [0.1, 0.15) is 112 Å². The largest absolute Gasteiger partial charge is 0.140 e. The van der Waals surface area contributed by atoms with Crippen LogP contribution >= 0.6 is 56.7 Å². The summed E-state index contributed by atoms with van der Waals surface area (Å²) in [5, 5.41) is 0. The fourth-order valence-electron chi connectivity index (χ4n) is 5.91. The molecule has 5 aromatic rings. The molecule has 0 spiro atoms. The van der Waals surface area contributed by atoms with Crippen LogP contribution in [-0.4, -0.2) is 0 Å². The van der Waals surface area contributed by atoms with Crippen molar-refractivity contribution < 1.29 is 0 Å². The Morgan fingerprint density at radius 2 is 0.721 bits per heavy atom. The number of hydrogen-bond donors (Lipinski definition) is 0. The number of aryl methyl sites for hydroxylation is 2. The zero-order chi connectivity index (χ0) is 30.0. The third kappa shape index (κ3) is 8.82. The van der Waals surface area contributed by atoms with Gasteiger partial charge in [0, 0.05) is 48.8 Å². The van der Waals surface area contributed by atoms with Gasteiger partial charge in [-0.2, -0.15) is 0 Å². The molecule has 0 atom stereocenters. The van der Waals surface area contributed by atoms with Gasteiger partial charge in [0.1, 0.15) is 0 Å². The number of thiophene rings is 5. The third-order valence-corrected chi connectivity index (χ3v) is 14.5. The molecule has 0 unspecified atom stereocenters. The van der Waals surface area contributed by atoms with Crippen molar-refractivity contribution in [2.45, 2.75) is 118 Å². The van der Waals surface area contributed by atoms with Crippen LogP contribution < -0.4 is 0 Å². The van der Waals surface area contributed by atoms with E-state index in [2.05, 4.69) is 87.6 Å². The van der Waals surface area contributed by atoms with Crippen molar-refractivity contribution in [3.63, 3.8) is 0 Å². The van der Waals surface area contributed by atoms with E-state index < -0.39 is 0 Å². The molecule has 5 rings (SSSR count). The monoisotopic (exact) mass is 664 g/mol. The predicted octanol–water partition coefficient (Wildman–Crippen LogP) is 15.1. The number of unbranched alkanes of at least 4 members (excludes halogenated alkanes) is 10. The smallest absolute Gasteiger partial charge is 0.0484 e. The Hall–Kier alpha value is -1.50. The van der Waals surface area contributed by atoms with Gasteiger partial charge in [-0.3, -0.25) is 0 Å². The second-order valence-electron chi connectivity index (χ2n) is 11.9. The average Bonchev–Trinajstić information content (AvgIpc) is 3.83. The van der Waals surface area contributed by atoms with Crippen LogP contribution in [0.25, 0.3) is 39.0 Å². The Labute approximate surface area is 280 Å². The van der Waals surface area contributed by atoms with Gasteiger partial charge in [0.2, 0.25) is 0 Å². The van der Waals surface area contributed by atoms with E-state index in [0.717, 1.165) is 0 Å². The zero-order valence-electron chi connectivity index (χ0n) is 26.6. The van der Waals surface area contributed by atoms with Gasteiger partial charge in [0.05, 0.1) is 0 Å². The third-order valence-electron chi connectivity index (χ3n) is 8.30. The minimum absolute atomic E-state index is 1.22. The summed E-state index contributed by atoms with van der Waals surface area (Å²) in [6.45, 7) is 9.06. The highest BCUT2D eigenvalue weighted by Crippen LogP contribution is 2.50. The first-order valence-electron chi connectivity index (χ1n) is 16.6. The zero-order valence-corrected chi connectivity index (χ0v) is 30.6. The van der Waals surface area contributed by atoms with Crippen molar-refractivity contribution >= 4 is 56.7 Å². The summed E-state index contributed by atoms with van der Waals surface area (Å²) in [6.07, 6.45) is 18.7. The van der Waals surface area contributed by atoms with Crippen LogP contribution in [0.15, 0.2) is 48.5 Å². The van der Waals surface area contributed by atoms with Crippen molar-refractivity contribution in [2.24, 2.45) is 0 Å². The lowest BCUT2D eigenvalue weighted by atomic mass is 9.95. The van der Waals surface area contributed by atoms with E-state index in [-0.39, 0.29) is 0 Å². The molecule has 0 aliphatic rings. The molecule has 0 saturated carbocycles. The lowest BCUT2D eigenvalue weighted by Gasteiger charge is -2.10. The molecule has 0 N–H and O–H groups in total. The van der Waals surface area contributed by atoms with E-state index in [4.69, 9.17) is 0 Å². The highest BCUT2D eigenvalue weighted by molar-refractivity contribution is 7.30. The molecule has 0 aliphatic heterocycles. The van der Waals surface area contributed by atoms with Crippen LogP contribution in [0.5, 0.6) is 0 Å². The quantitative estimate of drug-likeness (QED) is 0.0818. The molecular formula is C38H48S5. The van der Waals surface area contributed by atoms with Gasteiger partial charge in [-0.1, -0.05) is 78.1 Å². The molecule has 0 amide bonds. The summed E-state index contributed by atoms with van der Waals surface area (Å²) in [4.78, 5) is 14.5. The number of rotatable bonds is 18. The Bertz CT molecular complexity index is 1420. The summed E-state index contributed by atoms with van der Waals surface area (Å²) >= 11 is 9.94. The van der Waals surface area contributed by atoms with E-state index in [0.29, 0.717) is 0 Å². The first-order valence-corrected chi connectivity index (χ1v) is 20.6. The van der Waals surface area contributed by atoms with Crippen molar-refractivity contribution in [1.29, 1.82) is 0 Å². The van der Waals surface area contributed by atoms with Crippen LogP contribution in [-0.2, 0) is 12.8 Å². The molecule has 43 heavy (non-hydrogen) atoms. The van der Waals surface area contributed by atoms with E-state index in [1.807, 2.05) is 45.3 Å². The van der Waals surface area contributed by atoms with Gasteiger partial charge in [-0.05, 0) is 99.2 Å². The first kappa shape index (κ1) is 32.9. The van der Waals surface area contributed by atoms with E-state index in [1.165, 1.54) is 129 Å². The maximum absolute atomic E-state index is 2.41. The summed E-state index contributed by atoms with van der Waals surface area (Å²) in [7, 11) is 0. The average molecular weight is 665 g/mol. The van der Waals surface area contributed by atoms with Crippen LogP contribution in [0, 0.1) is 13.8 Å². The summed E-state index contributed by atoms with van der Waals surface area (Å²) in [5.41, 5.74) is 3.34. The van der Waals surface area contributed by atoms with E-state index in [1.54, 1.807) is 20.9 Å². The van der Waals surface area contributed by atoms with Crippen molar-refractivity contribution in [3.8, 4) is 39.0 Å². The van der Waals surface area contributed by atoms with Crippen LogP contribution in [0.4, 0.5) is 0 Å². The maximum atomic E-state index is 2.41. The second kappa shape index (κ2) is 16.7. The predicted molar refractivity (Wildman–Crippen MR) is 201 cm³/mol. The topological polar surface area (TPSA) is 0 Å². The molecule has 0 saturated heterocycles. The van der Waals surface area contributed by atoms with E-state index in [9.17, 15) is 0 Å². The lowest BCUT2D eigenvalue weighted by molar-refractivity contribution is 0.600. The molecule has 5 heteroatoms. The molecule has 0 aromatic carbocycles. The highest BCUT2D eigenvalue weighted by atomic mass is 32.1. The fourth-order valence-corrected chi connectivity index (χ4v) is 11.5. The van der Waals surface area contributed by atoms with E-state index >= 15 is 0 Å². The van der Waals surface area contributed by atoms with Crippen molar-refractivity contribution in [3.05, 3.63) is 69.4 Å². The minimum atomic E-state index is 1.22. The molecule has 0 aliphatic carbocycles. The molecule has 0 radical (unpaired) electrons. The van der Waals surface area contributed by atoms with Gasteiger partial charge in [0.15, 0.2) is 0 Å². The molecule has 230 valence electrons. The van der Waals surface area contributed by atoms with Gasteiger partial charge in [-0.25, -0.2) is 0 Å². The molecule has 5 heterocycles. The number of hydrogen-bond acceptors (Lipinski definition) is 5. The van der Waals surface area contributed by atoms with Crippen LogP contribution in [0.2, 0.25) is 0 Å². The Morgan fingerprint density at radius 1 is 0.372 bits per heavy atom. The van der Waals surface area contributed by atoms with Gasteiger partial charge < -0.3 is 0 Å². The molecule has 5 aromatic heterocycles. The first-order chi connectivity index (χ1) is 21.1. The maximum Gasteiger partial charge on any atom is 0.0484 e. The SMILES string of the molecule is CCCCCCCCc1c(-c2ccc(-c3ccc(C)s3)s2)sc(-c2ccc(-c3ccc(C)s3)s2)c1CCCCCCCC. The normalized spacial score (nSPS) is 11.6. The summed E-state index contributed by atoms with van der Waals surface area (Å²) in [5.74, 6) is 0. The van der Waals surface area contributed by atoms with Gasteiger partial charge >= 0.3 is 0 Å². The highest BCUT2D eigenvalue weighted by Gasteiger charge is 2.23. The summed E-state index contributed by atoms with van der Waals surface area (Å²) < 4.78 is 0. The fraction of sp³-hybridized carbons (Fsp3) is 0.474. The minimum Gasteiger partial charge on any atom is -0.140 e. The van der Waals surface area contributed by atoms with Gasteiger partial charge in [-0.15, -0.1) is 56.7 Å². The molecule has 0 nitrogen and oxygen atoms in total.